The van der Waals surface area contributed by atoms with E-state index in [-0.39, 0.29) is 22.5 Å². The number of piperazine rings is 1. The molecule has 2 aliphatic rings. The summed E-state index contributed by atoms with van der Waals surface area (Å²) in [6, 6.07) is 11.2. The van der Waals surface area contributed by atoms with Gasteiger partial charge in [-0.2, -0.15) is 4.98 Å². The quantitative estimate of drug-likeness (QED) is 0.337. The van der Waals surface area contributed by atoms with Gasteiger partial charge in [0, 0.05) is 62.4 Å². The van der Waals surface area contributed by atoms with Gasteiger partial charge in [0.15, 0.2) is 5.82 Å². The van der Waals surface area contributed by atoms with E-state index >= 15 is 0 Å². The zero-order valence-electron chi connectivity index (χ0n) is 24.0. The fraction of sp³-hybridized carbons (Fsp3) is 0.448. The Balaban J connectivity index is 1.29. The summed E-state index contributed by atoms with van der Waals surface area (Å²) < 4.78 is 33.2. The Morgan fingerprint density at radius 1 is 1.05 bits per heavy atom. The van der Waals surface area contributed by atoms with Gasteiger partial charge in [-0.3, -0.25) is 4.90 Å². The molecule has 12 heteroatoms. The maximum atomic E-state index is 14.8. The van der Waals surface area contributed by atoms with Crippen molar-refractivity contribution in [3.8, 4) is 5.75 Å². The number of anilines is 5. The second kappa shape index (κ2) is 12.5. The van der Waals surface area contributed by atoms with E-state index in [9.17, 15) is 8.96 Å². The molecule has 3 heterocycles. The van der Waals surface area contributed by atoms with Crippen molar-refractivity contribution in [2.24, 2.45) is 0 Å². The molecule has 2 aliphatic heterocycles. The van der Waals surface area contributed by atoms with Gasteiger partial charge in [0.1, 0.15) is 23.7 Å². The van der Waals surface area contributed by atoms with E-state index in [0.717, 1.165) is 57.8 Å². The average molecular weight is 602 g/mol. The number of hydrogen-bond donors (Lipinski definition) is 2. The fourth-order valence-corrected chi connectivity index (χ4v) is 6.78. The molecule has 2 aromatic carbocycles. The largest absolute Gasteiger partial charge is 0.494 e. The van der Waals surface area contributed by atoms with Crippen LogP contribution in [0.4, 0.5) is 33.2 Å². The van der Waals surface area contributed by atoms with Crippen molar-refractivity contribution in [3.63, 3.8) is 0 Å². The van der Waals surface area contributed by atoms with Gasteiger partial charge < -0.3 is 29.7 Å². The first-order chi connectivity index (χ1) is 19.6. The van der Waals surface area contributed by atoms with Gasteiger partial charge in [-0.25, -0.2) is 9.37 Å². The molecular weight excluding hydrogens is 564 g/mol. The molecule has 1 aromatic heterocycles. The molecular formula is C29H38ClFN7O2P. The van der Waals surface area contributed by atoms with E-state index in [2.05, 4.69) is 48.4 Å². The van der Waals surface area contributed by atoms with Gasteiger partial charge in [0.25, 0.3) is 0 Å². The normalized spacial score (nSPS) is 17.5. The summed E-state index contributed by atoms with van der Waals surface area (Å²) in [6.07, 6.45) is 3.73. The number of piperidine rings is 1. The van der Waals surface area contributed by atoms with Gasteiger partial charge in [-0.15, -0.1) is 0 Å². The first-order valence-corrected chi connectivity index (χ1v) is 16.9. The number of rotatable bonds is 8. The Labute approximate surface area is 246 Å². The zero-order valence-corrected chi connectivity index (χ0v) is 25.7. The van der Waals surface area contributed by atoms with E-state index in [1.54, 1.807) is 26.5 Å². The van der Waals surface area contributed by atoms with Crippen LogP contribution in [0.1, 0.15) is 12.8 Å². The maximum absolute atomic E-state index is 14.8. The van der Waals surface area contributed by atoms with Gasteiger partial charge >= 0.3 is 0 Å². The minimum atomic E-state index is -2.77. The predicted molar refractivity (Wildman–Crippen MR) is 166 cm³/mol. The van der Waals surface area contributed by atoms with Gasteiger partial charge in [-0.05, 0) is 57.5 Å². The smallest absolute Gasteiger partial charge is 0.229 e. The molecule has 2 saturated heterocycles. The first-order valence-electron chi connectivity index (χ1n) is 13.9. The van der Waals surface area contributed by atoms with Crippen LogP contribution in [0.25, 0.3) is 0 Å². The highest BCUT2D eigenvalue weighted by molar-refractivity contribution is 7.70. The number of methoxy groups -OCH3 is 1. The second-order valence-corrected chi connectivity index (χ2v) is 14.7. The van der Waals surface area contributed by atoms with Crippen molar-refractivity contribution in [2.75, 3.05) is 82.3 Å². The number of nitrogens with zero attached hydrogens (tertiary/aromatic N) is 5. The fourth-order valence-electron chi connectivity index (χ4n) is 5.50. The number of para-hydroxylation sites is 1. The Morgan fingerprint density at radius 2 is 1.78 bits per heavy atom. The lowest BCUT2D eigenvalue weighted by molar-refractivity contribution is 0.0982. The lowest BCUT2D eigenvalue weighted by Gasteiger charge is -2.42. The zero-order chi connectivity index (χ0) is 29.1. The number of halogens is 2. The SMILES string of the molecule is COc1cc(N2CCC(N3CCN(C)CC3)CC2)ccc1Nc1ncc(Cl)c(Nc2c(F)cccc2P(C)(C)=O)n1. The van der Waals surface area contributed by atoms with Crippen LogP contribution >= 0.6 is 18.7 Å². The van der Waals surface area contributed by atoms with Crippen LogP contribution in [0.2, 0.25) is 5.02 Å². The van der Waals surface area contributed by atoms with Gasteiger partial charge in [0.05, 0.1) is 24.7 Å². The van der Waals surface area contributed by atoms with Crippen LogP contribution in [0.3, 0.4) is 0 Å². The van der Waals surface area contributed by atoms with Crippen molar-refractivity contribution in [1.29, 1.82) is 0 Å². The van der Waals surface area contributed by atoms with E-state index in [4.69, 9.17) is 16.3 Å². The predicted octanol–water partition coefficient (Wildman–Crippen LogP) is 5.23. The van der Waals surface area contributed by atoms with Crippen molar-refractivity contribution < 1.29 is 13.7 Å². The summed E-state index contributed by atoms with van der Waals surface area (Å²) in [5.74, 6) is 0.569. The lowest BCUT2D eigenvalue weighted by Crippen LogP contribution is -2.52. The molecule has 0 saturated carbocycles. The summed E-state index contributed by atoms with van der Waals surface area (Å²) >= 11 is 6.36. The molecule has 0 radical (unpaired) electrons. The average Bonchev–Trinajstić information content (AvgIpc) is 2.96. The molecule has 0 spiro atoms. The number of nitrogens with one attached hydrogen (secondary N) is 2. The van der Waals surface area contributed by atoms with E-state index in [0.29, 0.717) is 22.8 Å². The molecule has 2 N–H and O–H groups in total. The number of benzene rings is 2. The van der Waals surface area contributed by atoms with Crippen LogP contribution in [-0.4, -0.2) is 92.6 Å². The molecule has 220 valence electrons. The highest BCUT2D eigenvalue weighted by Gasteiger charge is 2.27. The van der Waals surface area contributed by atoms with Crippen LogP contribution in [0.5, 0.6) is 5.75 Å². The highest BCUT2D eigenvalue weighted by Crippen LogP contribution is 2.40. The third-order valence-corrected chi connectivity index (χ3v) is 9.68. The maximum Gasteiger partial charge on any atom is 0.229 e. The minimum absolute atomic E-state index is 0.0886. The minimum Gasteiger partial charge on any atom is -0.494 e. The lowest BCUT2D eigenvalue weighted by atomic mass is 10.0. The monoisotopic (exact) mass is 601 g/mol. The summed E-state index contributed by atoms with van der Waals surface area (Å²) in [5, 5.41) is 6.72. The van der Waals surface area contributed by atoms with Crippen LogP contribution in [-0.2, 0) is 4.57 Å². The highest BCUT2D eigenvalue weighted by atomic mass is 35.5. The van der Waals surface area contributed by atoms with Crippen molar-refractivity contribution in [3.05, 3.63) is 53.4 Å². The third kappa shape index (κ3) is 6.95. The Bertz CT molecular complexity index is 1420. The molecule has 0 unspecified atom stereocenters. The Morgan fingerprint density at radius 3 is 2.46 bits per heavy atom. The summed E-state index contributed by atoms with van der Waals surface area (Å²) in [7, 11) is 1.06. The van der Waals surface area contributed by atoms with Gasteiger partial charge in [-0.1, -0.05) is 17.7 Å². The molecule has 3 aromatic rings. The second-order valence-electron chi connectivity index (χ2n) is 11.1. The number of likely N-dealkylation sites (N-methyl/N-ethyl adjacent to an activating group) is 1. The summed E-state index contributed by atoms with van der Waals surface area (Å²) in [4.78, 5) is 16.2. The standard InChI is InChI=1S/C29H38ClFN7O2P/c1-36-14-16-38(17-15-36)20-10-12-37(13-11-20)21-8-9-24(25(18-21)40-2)33-29-32-19-22(30)28(35-29)34-27-23(31)6-5-7-26(27)41(3,4)39/h5-9,18-20H,10-17H2,1-4H3,(H2,32,33,34,35). The van der Waals surface area contributed by atoms with E-state index in [1.807, 2.05) is 12.1 Å². The van der Waals surface area contributed by atoms with Crippen molar-refractivity contribution in [1.82, 2.24) is 19.8 Å². The van der Waals surface area contributed by atoms with Crippen LogP contribution < -0.4 is 25.6 Å². The van der Waals surface area contributed by atoms with Crippen LogP contribution in [0.15, 0.2) is 42.6 Å². The van der Waals surface area contributed by atoms with Crippen molar-refractivity contribution in [2.45, 2.75) is 18.9 Å². The van der Waals surface area contributed by atoms with Gasteiger partial charge in [0.2, 0.25) is 5.95 Å². The Kier molecular flexibility index (Phi) is 9.04. The number of hydrogen-bond acceptors (Lipinski definition) is 9. The Hall–Kier alpha value is -2.91. The summed E-state index contributed by atoms with van der Waals surface area (Å²) in [6.45, 7) is 9.78. The summed E-state index contributed by atoms with van der Waals surface area (Å²) in [5.41, 5.74) is 1.89. The van der Waals surface area contributed by atoms with E-state index < -0.39 is 13.0 Å². The van der Waals surface area contributed by atoms with E-state index in [1.165, 1.54) is 18.3 Å². The first kappa shape index (κ1) is 29.6. The molecule has 0 bridgehead atoms. The molecule has 9 nitrogen and oxygen atoms in total. The molecule has 41 heavy (non-hydrogen) atoms. The third-order valence-electron chi connectivity index (χ3n) is 7.87. The number of aromatic nitrogens is 2. The molecule has 5 rings (SSSR count). The molecule has 0 aliphatic carbocycles. The molecule has 2 fully saturated rings. The molecule has 0 amide bonds. The topological polar surface area (TPSA) is 85.9 Å². The van der Waals surface area contributed by atoms with Crippen molar-refractivity contribution >= 4 is 52.9 Å². The molecule has 0 atom stereocenters. The van der Waals surface area contributed by atoms with Crippen LogP contribution in [0, 0.1) is 5.82 Å². The number of ether oxygens (including phenoxy) is 1.